The van der Waals surface area contributed by atoms with Crippen molar-refractivity contribution in [2.75, 3.05) is 19.7 Å². The summed E-state index contributed by atoms with van der Waals surface area (Å²) >= 11 is 0. The quantitative estimate of drug-likeness (QED) is 0.749. The Balaban J connectivity index is 2.29. The number of rotatable bonds is 6. The maximum absolute atomic E-state index is 11.9. The zero-order valence-electron chi connectivity index (χ0n) is 12.9. The molecule has 0 aliphatic carbocycles. The highest BCUT2D eigenvalue weighted by Gasteiger charge is 2.20. The number of amides is 1. The third-order valence-corrected chi connectivity index (χ3v) is 2.65. The van der Waals surface area contributed by atoms with E-state index in [1.165, 1.54) is 0 Å². The summed E-state index contributed by atoms with van der Waals surface area (Å²) in [5.41, 5.74) is 0.669. The van der Waals surface area contributed by atoms with E-state index < -0.39 is 5.60 Å². The van der Waals surface area contributed by atoms with Gasteiger partial charge in [0.15, 0.2) is 0 Å². The molecule has 0 saturated heterocycles. The number of nitrogens with zero attached hydrogens (tertiary/aromatic N) is 1. The summed E-state index contributed by atoms with van der Waals surface area (Å²) in [6, 6.07) is 9.98. The molecule has 0 N–H and O–H groups in total. The second-order valence-electron chi connectivity index (χ2n) is 5.60. The van der Waals surface area contributed by atoms with Crippen molar-refractivity contribution in [3.8, 4) is 0 Å². The van der Waals surface area contributed by atoms with Gasteiger partial charge < -0.3 is 14.4 Å². The van der Waals surface area contributed by atoms with Gasteiger partial charge in [-0.25, -0.2) is 4.79 Å². The van der Waals surface area contributed by atoms with Gasteiger partial charge in [0, 0.05) is 13.1 Å². The van der Waals surface area contributed by atoms with Gasteiger partial charge in [-0.1, -0.05) is 30.3 Å². The monoisotopic (exact) mass is 279 g/mol. The van der Waals surface area contributed by atoms with Crippen LogP contribution in [0.3, 0.4) is 0 Å². The Hall–Kier alpha value is -1.55. The van der Waals surface area contributed by atoms with Crippen molar-refractivity contribution in [2.45, 2.75) is 39.9 Å². The van der Waals surface area contributed by atoms with Crippen molar-refractivity contribution >= 4 is 6.09 Å². The summed E-state index contributed by atoms with van der Waals surface area (Å²) in [5.74, 6) is 0. The van der Waals surface area contributed by atoms with Crippen LogP contribution in [-0.2, 0) is 16.1 Å². The third-order valence-electron chi connectivity index (χ3n) is 2.65. The molecule has 0 aliphatic rings. The lowest BCUT2D eigenvalue weighted by Crippen LogP contribution is -2.38. The van der Waals surface area contributed by atoms with E-state index >= 15 is 0 Å². The van der Waals surface area contributed by atoms with Crippen LogP contribution in [0, 0.1) is 0 Å². The van der Waals surface area contributed by atoms with Crippen LogP contribution in [0.2, 0.25) is 0 Å². The summed E-state index contributed by atoms with van der Waals surface area (Å²) in [6.07, 6.45) is -0.289. The van der Waals surface area contributed by atoms with Crippen molar-refractivity contribution in [3.05, 3.63) is 35.9 Å². The minimum absolute atomic E-state index is 0.289. The van der Waals surface area contributed by atoms with Crippen molar-refractivity contribution < 1.29 is 14.3 Å². The number of hydrogen-bond acceptors (Lipinski definition) is 3. The molecule has 0 aliphatic heterocycles. The maximum Gasteiger partial charge on any atom is 0.410 e. The second kappa shape index (κ2) is 7.90. The van der Waals surface area contributed by atoms with Crippen LogP contribution in [-0.4, -0.2) is 36.3 Å². The summed E-state index contributed by atoms with van der Waals surface area (Å²) in [5, 5.41) is 0. The van der Waals surface area contributed by atoms with Gasteiger partial charge in [-0.3, -0.25) is 0 Å². The fourth-order valence-corrected chi connectivity index (χ4v) is 1.64. The predicted molar refractivity (Wildman–Crippen MR) is 79.6 cm³/mol. The van der Waals surface area contributed by atoms with Gasteiger partial charge in [0.1, 0.15) is 5.60 Å². The summed E-state index contributed by atoms with van der Waals surface area (Å²) in [7, 11) is 0. The van der Waals surface area contributed by atoms with Crippen LogP contribution < -0.4 is 0 Å². The van der Waals surface area contributed by atoms with E-state index in [0.29, 0.717) is 26.3 Å². The minimum Gasteiger partial charge on any atom is -0.444 e. The van der Waals surface area contributed by atoms with Gasteiger partial charge in [0.05, 0.1) is 13.2 Å². The van der Waals surface area contributed by atoms with Crippen LogP contribution >= 0.6 is 0 Å². The molecular weight excluding hydrogens is 254 g/mol. The molecule has 0 unspecified atom stereocenters. The van der Waals surface area contributed by atoms with Gasteiger partial charge in [-0.2, -0.15) is 0 Å². The Morgan fingerprint density at radius 1 is 1.20 bits per heavy atom. The van der Waals surface area contributed by atoms with Gasteiger partial charge in [-0.05, 0) is 33.3 Å². The lowest BCUT2D eigenvalue weighted by Gasteiger charge is -2.26. The van der Waals surface area contributed by atoms with E-state index in [2.05, 4.69) is 0 Å². The molecule has 0 bridgehead atoms. The lowest BCUT2D eigenvalue weighted by atomic mass is 10.2. The number of carbonyl (C=O) groups excluding carboxylic acids is 1. The summed E-state index contributed by atoms with van der Waals surface area (Å²) < 4.78 is 10.9. The average molecular weight is 279 g/mol. The first-order chi connectivity index (χ1) is 9.42. The first-order valence-electron chi connectivity index (χ1n) is 7.02. The molecule has 0 atom stereocenters. The molecule has 0 aromatic heterocycles. The highest BCUT2D eigenvalue weighted by atomic mass is 16.6. The van der Waals surface area contributed by atoms with Crippen LogP contribution in [0.1, 0.15) is 33.3 Å². The number of likely N-dealkylation sites (N-methyl/N-ethyl adjacent to an activating group) is 1. The fraction of sp³-hybridized carbons (Fsp3) is 0.562. The number of carbonyl (C=O) groups is 1. The Labute approximate surface area is 121 Å². The SMILES string of the molecule is CCN(CCOCc1ccccc1)C(=O)OC(C)(C)C. The molecule has 0 saturated carbocycles. The van der Waals surface area contributed by atoms with Crippen molar-refractivity contribution in [1.29, 1.82) is 0 Å². The van der Waals surface area contributed by atoms with E-state index in [1.54, 1.807) is 4.90 Å². The molecular formula is C16H25NO3. The van der Waals surface area contributed by atoms with E-state index in [1.807, 2.05) is 58.0 Å². The first-order valence-corrected chi connectivity index (χ1v) is 7.02. The smallest absolute Gasteiger partial charge is 0.410 e. The Morgan fingerprint density at radius 3 is 2.40 bits per heavy atom. The maximum atomic E-state index is 11.9. The molecule has 20 heavy (non-hydrogen) atoms. The average Bonchev–Trinajstić information content (AvgIpc) is 2.38. The van der Waals surface area contributed by atoms with E-state index in [9.17, 15) is 4.79 Å². The molecule has 4 nitrogen and oxygen atoms in total. The summed E-state index contributed by atoms with van der Waals surface area (Å²) in [6.45, 7) is 9.75. The molecule has 0 spiro atoms. The topological polar surface area (TPSA) is 38.8 Å². The van der Waals surface area contributed by atoms with Crippen LogP contribution in [0.4, 0.5) is 4.79 Å². The minimum atomic E-state index is -0.463. The number of benzene rings is 1. The summed E-state index contributed by atoms with van der Waals surface area (Å²) in [4.78, 5) is 13.6. The van der Waals surface area contributed by atoms with E-state index in [-0.39, 0.29) is 6.09 Å². The molecule has 1 rings (SSSR count). The van der Waals surface area contributed by atoms with E-state index in [0.717, 1.165) is 5.56 Å². The Kier molecular flexibility index (Phi) is 6.52. The largest absolute Gasteiger partial charge is 0.444 e. The van der Waals surface area contributed by atoms with Crippen LogP contribution in [0.5, 0.6) is 0 Å². The highest BCUT2D eigenvalue weighted by molar-refractivity contribution is 5.68. The molecule has 1 aromatic rings. The van der Waals surface area contributed by atoms with Crippen molar-refractivity contribution in [3.63, 3.8) is 0 Å². The number of ether oxygens (including phenoxy) is 2. The first kappa shape index (κ1) is 16.5. The molecule has 1 amide bonds. The molecule has 4 heteroatoms. The predicted octanol–water partition coefficient (Wildman–Crippen LogP) is 3.46. The molecule has 0 radical (unpaired) electrons. The molecule has 112 valence electrons. The lowest BCUT2D eigenvalue weighted by molar-refractivity contribution is 0.0176. The van der Waals surface area contributed by atoms with Crippen molar-refractivity contribution in [1.82, 2.24) is 4.90 Å². The standard InChI is InChI=1S/C16H25NO3/c1-5-17(15(18)20-16(2,3)4)11-12-19-13-14-9-7-6-8-10-14/h6-10H,5,11-13H2,1-4H3. The molecule has 0 fully saturated rings. The molecule has 0 heterocycles. The van der Waals surface area contributed by atoms with Gasteiger partial charge in [0.25, 0.3) is 0 Å². The van der Waals surface area contributed by atoms with Gasteiger partial charge >= 0.3 is 6.09 Å². The second-order valence-corrected chi connectivity index (χ2v) is 5.60. The van der Waals surface area contributed by atoms with Gasteiger partial charge in [-0.15, -0.1) is 0 Å². The Morgan fingerprint density at radius 2 is 1.85 bits per heavy atom. The van der Waals surface area contributed by atoms with Crippen LogP contribution in [0.25, 0.3) is 0 Å². The normalized spacial score (nSPS) is 11.2. The molecule has 1 aromatic carbocycles. The third kappa shape index (κ3) is 6.57. The van der Waals surface area contributed by atoms with Crippen molar-refractivity contribution in [2.24, 2.45) is 0 Å². The van der Waals surface area contributed by atoms with E-state index in [4.69, 9.17) is 9.47 Å². The van der Waals surface area contributed by atoms with Crippen LogP contribution in [0.15, 0.2) is 30.3 Å². The number of hydrogen-bond donors (Lipinski definition) is 0. The fourth-order valence-electron chi connectivity index (χ4n) is 1.64. The highest BCUT2D eigenvalue weighted by Crippen LogP contribution is 2.09. The zero-order valence-corrected chi connectivity index (χ0v) is 12.9. The zero-order chi connectivity index (χ0) is 15.0. The Bertz CT molecular complexity index is 398. The van der Waals surface area contributed by atoms with Gasteiger partial charge in [0.2, 0.25) is 0 Å².